The van der Waals surface area contributed by atoms with E-state index in [1.807, 2.05) is 83.9 Å². The molecule has 0 spiro atoms. The first-order valence-electron chi connectivity index (χ1n) is 40.1. The summed E-state index contributed by atoms with van der Waals surface area (Å²) in [4.78, 5) is 160. The van der Waals surface area contributed by atoms with E-state index in [9.17, 15) is 58.0 Å². The molecule has 1 aliphatic heterocycles. The van der Waals surface area contributed by atoms with Crippen LogP contribution in [0, 0.1) is 46.8 Å². The molecule has 27 heteroatoms. The van der Waals surface area contributed by atoms with Crippen LogP contribution in [0.4, 0.5) is 10.5 Å². The fraction of sp³-hybridized carbons (Fsp3) is 0.707. The van der Waals surface area contributed by atoms with Crippen LogP contribution >= 0.6 is 0 Å². The van der Waals surface area contributed by atoms with E-state index < -0.39 is 102 Å². The van der Waals surface area contributed by atoms with Gasteiger partial charge in [-0.1, -0.05) is 150 Å². The average Bonchev–Trinajstić information content (AvgIpc) is 1.40. The summed E-state index contributed by atoms with van der Waals surface area (Å²) in [7, 11) is 8.53. The maximum atomic E-state index is 14.8. The fourth-order valence-corrected chi connectivity index (χ4v) is 15.2. The van der Waals surface area contributed by atoms with Gasteiger partial charge in [0.2, 0.25) is 59.1 Å². The number of hydrogen-bond donors (Lipinski definition) is 9. The number of likely N-dealkylation sites (tertiary alicyclic amines) is 1. The number of rotatable bonds is 48. The van der Waals surface area contributed by atoms with Crippen LogP contribution in [0.5, 0.6) is 0 Å². The van der Waals surface area contributed by atoms with Crippen molar-refractivity contribution in [3.05, 3.63) is 65.7 Å². The van der Waals surface area contributed by atoms with Gasteiger partial charge in [-0.25, -0.2) is 4.79 Å². The molecule has 12 amide bonds. The number of nitriles is 1. The largest absolute Gasteiger partial charge is 0.379 e. The second-order valence-electron chi connectivity index (χ2n) is 31.2. The Morgan fingerprint density at radius 1 is 0.642 bits per heavy atom. The van der Waals surface area contributed by atoms with Crippen molar-refractivity contribution in [2.45, 2.75) is 284 Å². The smallest absolute Gasteiger partial charge is 0.312 e. The molecule has 1 saturated heterocycles. The van der Waals surface area contributed by atoms with Crippen LogP contribution < -0.4 is 48.3 Å². The van der Waals surface area contributed by atoms with E-state index in [1.165, 1.54) is 14.2 Å². The Balaban J connectivity index is 1.43. The Hall–Kier alpha value is -8.22. The van der Waals surface area contributed by atoms with Crippen molar-refractivity contribution in [1.29, 1.82) is 5.26 Å². The van der Waals surface area contributed by atoms with Gasteiger partial charge in [-0.05, 0) is 132 Å². The highest BCUT2D eigenvalue weighted by Crippen LogP contribution is 2.32. The molecule has 610 valence electrons. The zero-order valence-electron chi connectivity index (χ0n) is 68.3. The summed E-state index contributed by atoms with van der Waals surface area (Å²) in [5.74, 6) is -5.52. The topological polar surface area (TPSA) is 365 Å². The van der Waals surface area contributed by atoms with Gasteiger partial charge in [0.1, 0.15) is 24.2 Å². The molecule has 10 N–H and O–H groups in total. The monoisotopic (exact) mass is 1520 g/mol. The van der Waals surface area contributed by atoms with Crippen LogP contribution in [-0.4, -0.2) is 206 Å². The standard InChI is InChI=1S/C82H134N14O13/c1-17-20-23-29-55(9)73(93(12)13)80(105)92-71(53(6)7)81(106)94(14)72(54(8)19-3)66(108-15)50-69(99)96-47-27-34-65(96)74(109-16)57(11)75(100)90-64(49-58-31-24-22-25-32-58)77(102)86-51-59-35-39-61(40-36-59)88-78(103)63(33-26-46-85-82(84)107)89-79(104)70(52(4)5)91-67(97)43-44-68(98)95(48-28-45-83)62-41-37-60(38-42-62)76(101)87-56(10)30-21-18-2/h22,24-25,31-32,35-36,39-40,52-57,60,62-66,70-74H,17-21,23,26-30,33-34,37-38,41-44,46-51H2,1-16H3,(H,86,102)(H,87,101)(H,88,103)(H,89,104)(H,90,100)(H,91,97)(H,92,105)(H3,84,85,107)/t54-,55?,56?,57+,60?,62?,63-,64-,65-,66+,70-,71-,72-,73-,74+/m0/s1. The van der Waals surface area contributed by atoms with Gasteiger partial charge >= 0.3 is 6.03 Å². The number of carbonyl (C=O) groups is 11. The molecule has 1 saturated carbocycles. The van der Waals surface area contributed by atoms with E-state index in [0.29, 0.717) is 62.7 Å². The van der Waals surface area contributed by atoms with Crippen molar-refractivity contribution in [1.82, 2.24) is 56.8 Å². The number of nitrogens with zero attached hydrogens (tertiary/aromatic N) is 5. The van der Waals surface area contributed by atoms with Crippen LogP contribution in [-0.2, 0) is 70.4 Å². The number of carbonyl (C=O) groups excluding carboxylic acids is 11. The van der Waals surface area contributed by atoms with Crippen molar-refractivity contribution in [2.24, 2.45) is 41.2 Å². The van der Waals surface area contributed by atoms with Gasteiger partial charge in [-0.15, -0.1) is 0 Å². The number of amides is 12. The molecule has 109 heavy (non-hydrogen) atoms. The number of anilines is 1. The molecule has 4 rings (SSSR count). The minimum Gasteiger partial charge on any atom is -0.379 e. The maximum absolute atomic E-state index is 14.8. The highest BCUT2D eigenvalue weighted by atomic mass is 16.5. The molecule has 2 unspecified atom stereocenters. The lowest BCUT2D eigenvalue weighted by Gasteiger charge is -2.41. The lowest BCUT2D eigenvalue weighted by atomic mass is 9.84. The van der Waals surface area contributed by atoms with Gasteiger partial charge in [-0.3, -0.25) is 52.8 Å². The Morgan fingerprint density at radius 3 is 1.88 bits per heavy atom. The number of primary amides is 1. The number of nitrogens with one attached hydrogen (secondary N) is 8. The molecule has 27 nitrogen and oxygen atoms in total. The van der Waals surface area contributed by atoms with E-state index in [-0.39, 0.29) is 130 Å². The predicted octanol–water partition coefficient (Wildman–Crippen LogP) is 8.03. The van der Waals surface area contributed by atoms with Gasteiger partial charge in [-0.2, -0.15) is 5.26 Å². The van der Waals surface area contributed by atoms with Gasteiger partial charge in [0.15, 0.2) is 0 Å². The van der Waals surface area contributed by atoms with Crippen LogP contribution in [0.1, 0.15) is 216 Å². The summed E-state index contributed by atoms with van der Waals surface area (Å²) >= 11 is 0. The summed E-state index contributed by atoms with van der Waals surface area (Å²) < 4.78 is 12.3. The molecule has 2 fully saturated rings. The van der Waals surface area contributed by atoms with Gasteiger partial charge < -0.3 is 72.4 Å². The van der Waals surface area contributed by atoms with E-state index in [2.05, 4.69) is 69.4 Å². The lowest BCUT2D eigenvalue weighted by Crippen LogP contribution is -2.60. The first-order valence-corrected chi connectivity index (χ1v) is 40.1. The first-order chi connectivity index (χ1) is 51.9. The molecule has 1 heterocycles. The number of methoxy groups -OCH3 is 2. The first kappa shape index (κ1) is 93.2. The number of likely N-dealkylation sites (N-methyl/N-ethyl adjacent to an activating group) is 2. The quantitative estimate of drug-likeness (QED) is 0.0283. The predicted molar refractivity (Wildman–Crippen MR) is 422 cm³/mol. The van der Waals surface area contributed by atoms with Crippen LogP contribution in [0.15, 0.2) is 54.6 Å². The molecular weight excluding hydrogens is 1390 g/mol. The van der Waals surface area contributed by atoms with Gasteiger partial charge in [0.25, 0.3) is 0 Å². The zero-order valence-corrected chi connectivity index (χ0v) is 68.3. The third-order valence-electron chi connectivity index (χ3n) is 21.8. The molecule has 2 aliphatic rings. The highest BCUT2D eigenvalue weighted by molar-refractivity contribution is 5.99. The summed E-state index contributed by atoms with van der Waals surface area (Å²) in [6, 6.07) is 11.5. The zero-order chi connectivity index (χ0) is 81.0. The number of benzene rings is 2. The van der Waals surface area contributed by atoms with E-state index in [0.717, 1.165) is 50.5 Å². The van der Waals surface area contributed by atoms with Gasteiger partial charge in [0.05, 0.1) is 55.2 Å². The van der Waals surface area contributed by atoms with Crippen molar-refractivity contribution in [3.8, 4) is 6.07 Å². The number of unbranched alkanes of at least 4 members (excludes halogenated alkanes) is 3. The lowest BCUT2D eigenvalue weighted by molar-refractivity contribution is -0.148. The third-order valence-corrected chi connectivity index (χ3v) is 21.8. The normalized spacial score (nSPS) is 18.3. The second-order valence-corrected chi connectivity index (χ2v) is 31.2. The fourth-order valence-electron chi connectivity index (χ4n) is 15.2. The summed E-state index contributed by atoms with van der Waals surface area (Å²) in [6.07, 6.45) is 9.75. The Labute approximate surface area is 649 Å². The molecular formula is C82H134N14O13. The van der Waals surface area contributed by atoms with E-state index >= 15 is 0 Å². The van der Waals surface area contributed by atoms with Crippen LogP contribution in [0.25, 0.3) is 0 Å². The third kappa shape index (κ3) is 30.2. The van der Waals surface area contributed by atoms with Gasteiger partial charge in [0, 0.05) is 90.4 Å². The molecule has 13 atom stereocenters. The van der Waals surface area contributed by atoms with Crippen molar-refractivity contribution >= 4 is 70.8 Å². The Kier molecular flexibility index (Phi) is 41.4. The average molecular weight is 1520 g/mol. The van der Waals surface area contributed by atoms with Crippen molar-refractivity contribution in [3.63, 3.8) is 0 Å². The van der Waals surface area contributed by atoms with Crippen molar-refractivity contribution < 1.29 is 62.2 Å². The van der Waals surface area contributed by atoms with Crippen LogP contribution in [0.2, 0.25) is 0 Å². The minimum absolute atomic E-state index is 0.0177. The molecule has 1 aliphatic carbocycles. The summed E-state index contributed by atoms with van der Waals surface area (Å²) in [5.41, 5.74) is 7.10. The Bertz CT molecular complexity index is 3230. The Morgan fingerprint density at radius 2 is 1.29 bits per heavy atom. The minimum atomic E-state index is -1.16. The number of nitrogens with two attached hydrogens (primary N) is 1. The second kappa shape index (κ2) is 48.4. The molecule has 2 aromatic rings. The number of urea groups is 1. The molecule has 0 bridgehead atoms. The van der Waals surface area contributed by atoms with E-state index in [4.69, 9.17) is 15.2 Å². The maximum Gasteiger partial charge on any atom is 0.312 e. The highest BCUT2D eigenvalue weighted by Gasteiger charge is 2.44. The number of ether oxygens (including phenoxy) is 2. The summed E-state index contributed by atoms with van der Waals surface area (Å²) in [5, 5.41) is 32.6. The van der Waals surface area contributed by atoms with E-state index in [1.54, 1.807) is 66.8 Å². The SMILES string of the molecule is CCCCCC(C)[C@@H](C(=O)N[C@H](C(=O)N(C)[C@@H]([C@@H](C)CC)[C@@H](CC(=O)N1CCC[C@H]1[C@H](OC)[C@@H](C)C(=O)N[C@@H](Cc1ccccc1)C(=O)NCc1ccc(NC(=O)[C@H](CCCNC(N)=O)NC(=O)[C@@H](NC(=O)CCC(=O)N(CCC#N)C2CCC(C(=O)NC(C)CCCC)CC2)C(C)C)cc1)OC)C(C)C)N(C)C. The van der Waals surface area contributed by atoms with Crippen molar-refractivity contribution in [2.75, 3.05) is 60.3 Å². The molecule has 0 radical (unpaired) electrons. The van der Waals surface area contributed by atoms with Crippen LogP contribution in [0.3, 0.4) is 0 Å². The molecule has 0 aromatic heterocycles. The molecule has 2 aromatic carbocycles. The summed E-state index contributed by atoms with van der Waals surface area (Å²) in [6.45, 7) is 22.1. The number of hydrogen-bond acceptors (Lipinski definition) is 15.